The Balaban J connectivity index is 1.22. The van der Waals surface area contributed by atoms with E-state index < -0.39 is 0 Å². The Kier molecular flexibility index (Phi) is 5.93. The molecule has 0 bridgehead atoms. The maximum absolute atomic E-state index is 13.0. The summed E-state index contributed by atoms with van der Waals surface area (Å²) in [5.41, 5.74) is 0.685. The van der Waals surface area contributed by atoms with Gasteiger partial charge in [0, 0.05) is 32.2 Å². The van der Waals surface area contributed by atoms with Gasteiger partial charge in [-0.1, -0.05) is 0 Å². The fraction of sp³-hybridized carbons (Fsp3) is 0.409. The molecular weight excluding hydrogens is 410 g/mol. The summed E-state index contributed by atoms with van der Waals surface area (Å²) in [5.74, 6) is 2.57. The molecule has 10 heteroatoms. The van der Waals surface area contributed by atoms with Crippen LogP contribution in [-0.2, 0) is 9.53 Å². The van der Waals surface area contributed by atoms with E-state index in [-0.39, 0.29) is 11.8 Å². The van der Waals surface area contributed by atoms with E-state index in [1.807, 2.05) is 30.3 Å². The van der Waals surface area contributed by atoms with Gasteiger partial charge in [-0.15, -0.1) is 10.2 Å². The zero-order chi connectivity index (χ0) is 21.8. The smallest absolute Gasteiger partial charge is 0.230 e. The molecule has 5 rings (SSSR count). The fourth-order valence-electron chi connectivity index (χ4n) is 4.06. The van der Waals surface area contributed by atoms with Crippen LogP contribution < -0.4 is 15.1 Å². The molecule has 1 atom stereocenters. The first-order valence-corrected chi connectivity index (χ1v) is 10.8. The fourth-order valence-corrected chi connectivity index (χ4v) is 4.06. The molecule has 0 radical (unpaired) electrons. The Morgan fingerprint density at radius 1 is 1.03 bits per heavy atom. The van der Waals surface area contributed by atoms with Gasteiger partial charge in [0.15, 0.2) is 11.6 Å². The predicted octanol–water partition coefficient (Wildman–Crippen LogP) is 2.22. The molecule has 0 aliphatic carbocycles. The van der Waals surface area contributed by atoms with Crippen LogP contribution in [0.5, 0.6) is 0 Å². The number of amides is 1. The number of anilines is 3. The summed E-state index contributed by atoms with van der Waals surface area (Å²) in [7, 11) is 0. The molecule has 5 heterocycles. The molecule has 2 fully saturated rings. The number of aromatic nitrogens is 4. The second-order valence-corrected chi connectivity index (χ2v) is 7.89. The van der Waals surface area contributed by atoms with Crippen molar-refractivity contribution in [1.29, 1.82) is 0 Å². The SMILES string of the molecule is O=C(Nc1cc(N2CCOCC2)ncn1)[C@@H]1CCCN(c2ccc(-c3ccco3)nn2)C1. The number of carbonyl (C=O) groups excluding carboxylic acids is 1. The summed E-state index contributed by atoms with van der Waals surface area (Å²) < 4.78 is 10.8. The van der Waals surface area contributed by atoms with Crippen LogP contribution in [0.1, 0.15) is 12.8 Å². The highest BCUT2D eigenvalue weighted by Gasteiger charge is 2.27. The number of nitrogens with one attached hydrogen (secondary N) is 1. The minimum Gasteiger partial charge on any atom is -0.463 e. The molecule has 3 aromatic rings. The van der Waals surface area contributed by atoms with Gasteiger partial charge in [-0.05, 0) is 37.1 Å². The highest BCUT2D eigenvalue weighted by molar-refractivity contribution is 5.92. The zero-order valence-corrected chi connectivity index (χ0v) is 17.7. The molecule has 0 aromatic carbocycles. The monoisotopic (exact) mass is 435 g/mol. The van der Waals surface area contributed by atoms with Gasteiger partial charge in [0.05, 0.1) is 25.4 Å². The van der Waals surface area contributed by atoms with Crippen LogP contribution in [-0.4, -0.2) is 65.5 Å². The van der Waals surface area contributed by atoms with Gasteiger partial charge in [0.25, 0.3) is 0 Å². The Bertz CT molecular complexity index is 1040. The third kappa shape index (κ3) is 4.54. The number of piperidine rings is 1. The average molecular weight is 435 g/mol. The Morgan fingerprint density at radius 3 is 2.72 bits per heavy atom. The van der Waals surface area contributed by atoms with Gasteiger partial charge in [0.2, 0.25) is 5.91 Å². The van der Waals surface area contributed by atoms with Gasteiger partial charge >= 0.3 is 0 Å². The molecule has 2 saturated heterocycles. The molecule has 1 N–H and O–H groups in total. The van der Waals surface area contributed by atoms with Crippen LogP contribution >= 0.6 is 0 Å². The zero-order valence-electron chi connectivity index (χ0n) is 17.7. The summed E-state index contributed by atoms with van der Waals surface area (Å²) in [5, 5.41) is 11.6. The van der Waals surface area contributed by atoms with Crippen LogP contribution in [0.25, 0.3) is 11.5 Å². The Hall–Kier alpha value is -3.53. The molecule has 2 aliphatic heterocycles. The van der Waals surface area contributed by atoms with Crippen molar-refractivity contribution >= 4 is 23.4 Å². The van der Waals surface area contributed by atoms with Crippen molar-refractivity contribution < 1.29 is 13.9 Å². The molecule has 0 saturated carbocycles. The Morgan fingerprint density at radius 2 is 1.94 bits per heavy atom. The normalized spacial score (nSPS) is 19.1. The number of nitrogens with zero attached hydrogens (tertiary/aromatic N) is 6. The molecule has 3 aromatic heterocycles. The summed E-state index contributed by atoms with van der Waals surface area (Å²) in [4.78, 5) is 25.8. The number of ether oxygens (including phenoxy) is 1. The maximum atomic E-state index is 13.0. The number of hydrogen-bond donors (Lipinski definition) is 1. The maximum Gasteiger partial charge on any atom is 0.230 e. The largest absolute Gasteiger partial charge is 0.463 e. The van der Waals surface area contributed by atoms with Crippen molar-refractivity contribution in [2.24, 2.45) is 5.92 Å². The van der Waals surface area contributed by atoms with E-state index in [2.05, 4.69) is 35.3 Å². The summed E-state index contributed by atoms with van der Waals surface area (Å²) >= 11 is 0. The van der Waals surface area contributed by atoms with Gasteiger partial charge < -0.3 is 24.3 Å². The molecule has 1 amide bonds. The lowest BCUT2D eigenvalue weighted by atomic mass is 9.97. The molecule has 2 aliphatic rings. The van der Waals surface area contributed by atoms with E-state index in [9.17, 15) is 4.79 Å². The highest BCUT2D eigenvalue weighted by atomic mass is 16.5. The van der Waals surface area contributed by atoms with Gasteiger partial charge in [0.1, 0.15) is 23.7 Å². The van der Waals surface area contributed by atoms with E-state index >= 15 is 0 Å². The van der Waals surface area contributed by atoms with Crippen LogP contribution in [0, 0.1) is 5.92 Å². The second-order valence-electron chi connectivity index (χ2n) is 7.89. The summed E-state index contributed by atoms with van der Waals surface area (Å²) in [6.07, 6.45) is 4.83. The van der Waals surface area contributed by atoms with Crippen molar-refractivity contribution in [1.82, 2.24) is 20.2 Å². The van der Waals surface area contributed by atoms with Crippen molar-refractivity contribution in [3.05, 3.63) is 42.9 Å². The van der Waals surface area contributed by atoms with Crippen molar-refractivity contribution in [3.63, 3.8) is 0 Å². The van der Waals surface area contributed by atoms with Crippen molar-refractivity contribution in [2.75, 3.05) is 54.5 Å². The first kappa shape index (κ1) is 20.4. The van der Waals surface area contributed by atoms with Crippen molar-refractivity contribution in [3.8, 4) is 11.5 Å². The van der Waals surface area contributed by atoms with E-state index in [4.69, 9.17) is 9.15 Å². The number of rotatable bonds is 5. The quantitative estimate of drug-likeness (QED) is 0.645. The van der Waals surface area contributed by atoms with Crippen molar-refractivity contribution in [2.45, 2.75) is 12.8 Å². The van der Waals surface area contributed by atoms with Crippen LogP contribution in [0.15, 0.2) is 47.3 Å². The van der Waals surface area contributed by atoms with Gasteiger partial charge in [-0.25, -0.2) is 9.97 Å². The molecule has 0 unspecified atom stereocenters. The van der Waals surface area contributed by atoms with Crippen LogP contribution in [0.4, 0.5) is 17.5 Å². The van der Waals surface area contributed by atoms with Crippen LogP contribution in [0.2, 0.25) is 0 Å². The van der Waals surface area contributed by atoms with E-state index in [0.29, 0.717) is 37.0 Å². The number of carbonyl (C=O) groups is 1. The van der Waals surface area contributed by atoms with Gasteiger partial charge in [-0.3, -0.25) is 4.79 Å². The lowest BCUT2D eigenvalue weighted by Gasteiger charge is -2.32. The van der Waals surface area contributed by atoms with E-state index in [1.165, 1.54) is 6.33 Å². The van der Waals surface area contributed by atoms with E-state index in [1.54, 1.807) is 6.26 Å². The third-order valence-corrected chi connectivity index (χ3v) is 5.78. The predicted molar refractivity (Wildman–Crippen MR) is 118 cm³/mol. The van der Waals surface area contributed by atoms with Crippen LogP contribution in [0.3, 0.4) is 0 Å². The third-order valence-electron chi connectivity index (χ3n) is 5.78. The van der Waals surface area contributed by atoms with E-state index in [0.717, 1.165) is 44.1 Å². The topological polar surface area (TPSA) is 110 Å². The Labute approximate surface area is 185 Å². The first-order chi connectivity index (χ1) is 15.8. The summed E-state index contributed by atoms with van der Waals surface area (Å²) in [6.45, 7) is 4.34. The minimum absolute atomic E-state index is 0.0403. The number of hydrogen-bond acceptors (Lipinski definition) is 9. The molecule has 166 valence electrons. The molecule has 32 heavy (non-hydrogen) atoms. The highest BCUT2D eigenvalue weighted by Crippen LogP contribution is 2.25. The number of morpholine rings is 1. The van der Waals surface area contributed by atoms with Gasteiger partial charge in [-0.2, -0.15) is 0 Å². The molecule has 10 nitrogen and oxygen atoms in total. The number of furan rings is 1. The second kappa shape index (κ2) is 9.31. The standard InChI is InChI=1S/C22H25N7O3/c30-22(25-19-13-21(24-15-23-19)28-8-11-31-12-9-28)16-3-1-7-29(14-16)20-6-5-17(26-27-20)18-4-2-10-32-18/h2,4-6,10,13,15-16H,1,3,7-9,11-12,14H2,(H,23,24,25,30)/t16-/m1/s1. The minimum atomic E-state index is -0.155. The molecule has 0 spiro atoms. The lowest BCUT2D eigenvalue weighted by Crippen LogP contribution is -2.41. The average Bonchev–Trinajstić information content (AvgIpc) is 3.40. The summed E-state index contributed by atoms with van der Waals surface area (Å²) in [6, 6.07) is 9.30. The lowest BCUT2D eigenvalue weighted by molar-refractivity contribution is -0.120. The first-order valence-electron chi connectivity index (χ1n) is 10.8. The molecular formula is C22H25N7O3.